The zero-order valence-corrected chi connectivity index (χ0v) is 12.7. The van der Waals surface area contributed by atoms with E-state index in [-0.39, 0.29) is 0 Å². The van der Waals surface area contributed by atoms with Gasteiger partial charge in [-0.25, -0.2) is 4.98 Å². The molecule has 0 aromatic carbocycles. The van der Waals surface area contributed by atoms with Gasteiger partial charge in [0.25, 0.3) is 0 Å². The number of anilines is 2. The van der Waals surface area contributed by atoms with Crippen molar-refractivity contribution in [2.45, 2.75) is 0 Å². The smallest absolute Gasteiger partial charge is 0.213 e. The fourth-order valence-electron chi connectivity index (χ4n) is 2.83. The number of aromatic nitrogens is 5. The first-order valence-corrected chi connectivity index (χ1v) is 6.99. The molecule has 0 atom stereocenters. The molecule has 0 amide bonds. The van der Waals surface area contributed by atoms with Crippen LogP contribution >= 0.6 is 0 Å². The van der Waals surface area contributed by atoms with E-state index in [0.29, 0.717) is 22.9 Å². The van der Waals surface area contributed by atoms with Crippen LogP contribution in [0.1, 0.15) is 0 Å². The summed E-state index contributed by atoms with van der Waals surface area (Å²) in [5.74, 6) is 0.506. The maximum Gasteiger partial charge on any atom is 0.213 e. The summed E-state index contributed by atoms with van der Waals surface area (Å²) in [4.78, 5) is 4.23. The number of rotatable bonds is 2. The molecule has 8 heteroatoms. The molecule has 4 rings (SSSR count). The zero-order chi connectivity index (χ0) is 16.1. The van der Waals surface area contributed by atoms with Crippen molar-refractivity contribution < 1.29 is 4.74 Å². The maximum atomic E-state index is 6.36. The third kappa shape index (κ3) is 1.75. The Morgan fingerprint density at radius 3 is 2.74 bits per heavy atom. The number of hydrogen-bond donors (Lipinski definition) is 2. The van der Waals surface area contributed by atoms with Crippen LogP contribution in [0.5, 0.6) is 5.88 Å². The highest BCUT2D eigenvalue weighted by Crippen LogP contribution is 2.38. The second-order valence-electron chi connectivity index (χ2n) is 5.23. The first-order chi connectivity index (χ1) is 11.1. The minimum absolute atomic E-state index is 0.506. The Labute approximate surface area is 131 Å². The summed E-state index contributed by atoms with van der Waals surface area (Å²) in [5.41, 5.74) is 16.7. The number of fused-ring (bicyclic) bond motifs is 2. The molecule has 0 bridgehead atoms. The van der Waals surface area contributed by atoms with Crippen LogP contribution in [0.4, 0.5) is 11.4 Å². The Balaban J connectivity index is 2.06. The topological polar surface area (TPSA) is 109 Å². The standard InChI is InChI=1S/C15H15N7O/c1-21-10-7-18-11(23-2)6-8(10)12(16)15(21)14-13(17)9-4-3-5-19-22(9)20-14/h3-7H,16-17H2,1-2H3. The highest BCUT2D eigenvalue weighted by atomic mass is 16.5. The molecule has 116 valence electrons. The van der Waals surface area contributed by atoms with Gasteiger partial charge in [-0.15, -0.1) is 9.73 Å². The normalized spacial score (nSPS) is 11.4. The van der Waals surface area contributed by atoms with Gasteiger partial charge in [-0.1, -0.05) is 0 Å². The monoisotopic (exact) mass is 309 g/mol. The van der Waals surface area contributed by atoms with Crippen molar-refractivity contribution in [1.82, 2.24) is 24.4 Å². The predicted molar refractivity (Wildman–Crippen MR) is 88.1 cm³/mol. The third-order valence-electron chi connectivity index (χ3n) is 3.99. The molecule has 0 saturated carbocycles. The summed E-state index contributed by atoms with van der Waals surface area (Å²) < 4.78 is 8.60. The molecule has 0 fully saturated rings. The van der Waals surface area contributed by atoms with Gasteiger partial charge in [0.2, 0.25) is 5.88 Å². The molecule has 0 spiro atoms. The third-order valence-corrected chi connectivity index (χ3v) is 3.99. The van der Waals surface area contributed by atoms with E-state index in [2.05, 4.69) is 15.2 Å². The molecule has 4 aromatic rings. The lowest BCUT2D eigenvalue weighted by molar-refractivity contribution is 0.398. The van der Waals surface area contributed by atoms with E-state index in [0.717, 1.165) is 22.1 Å². The largest absolute Gasteiger partial charge is 0.481 e. The Morgan fingerprint density at radius 1 is 1.17 bits per heavy atom. The molecule has 23 heavy (non-hydrogen) atoms. The average molecular weight is 309 g/mol. The van der Waals surface area contributed by atoms with Crippen molar-refractivity contribution in [1.29, 1.82) is 0 Å². The molecule has 4 N–H and O–H groups in total. The van der Waals surface area contributed by atoms with Gasteiger partial charge in [-0.05, 0) is 12.1 Å². The summed E-state index contributed by atoms with van der Waals surface area (Å²) in [7, 11) is 3.47. The van der Waals surface area contributed by atoms with Crippen molar-refractivity contribution in [2.24, 2.45) is 7.05 Å². The molecular formula is C15H15N7O. The van der Waals surface area contributed by atoms with Gasteiger partial charge in [-0.2, -0.15) is 5.10 Å². The second kappa shape index (κ2) is 4.60. The first kappa shape index (κ1) is 13.4. The Morgan fingerprint density at radius 2 is 2.00 bits per heavy atom. The number of methoxy groups -OCH3 is 1. The van der Waals surface area contributed by atoms with Gasteiger partial charge in [0, 0.05) is 24.7 Å². The van der Waals surface area contributed by atoms with Crippen molar-refractivity contribution in [3.63, 3.8) is 0 Å². The molecular weight excluding hydrogens is 294 g/mol. The summed E-state index contributed by atoms with van der Waals surface area (Å²) in [5, 5.41) is 9.49. The van der Waals surface area contributed by atoms with Crippen LogP contribution in [0, 0.1) is 0 Å². The van der Waals surface area contributed by atoms with E-state index in [9.17, 15) is 0 Å². The number of pyridine rings is 1. The Hall–Kier alpha value is -3.29. The van der Waals surface area contributed by atoms with Crippen molar-refractivity contribution >= 4 is 27.8 Å². The number of aryl methyl sites for hydroxylation is 1. The first-order valence-electron chi connectivity index (χ1n) is 6.99. The number of ether oxygens (including phenoxy) is 1. The van der Waals surface area contributed by atoms with Gasteiger partial charge >= 0.3 is 0 Å². The number of nitrogens with zero attached hydrogens (tertiary/aromatic N) is 5. The molecule has 0 aliphatic rings. The Bertz CT molecular complexity index is 1050. The molecule has 4 aromatic heterocycles. The molecule has 0 aliphatic heterocycles. The summed E-state index contributed by atoms with van der Waals surface area (Å²) in [6.45, 7) is 0. The lowest BCUT2D eigenvalue weighted by Crippen LogP contribution is -1.98. The van der Waals surface area contributed by atoms with E-state index in [4.69, 9.17) is 16.2 Å². The summed E-state index contributed by atoms with van der Waals surface area (Å²) in [6, 6.07) is 5.48. The van der Waals surface area contributed by atoms with Crippen LogP contribution in [-0.2, 0) is 7.05 Å². The highest BCUT2D eigenvalue weighted by molar-refractivity contribution is 6.03. The number of hydrogen-bond acceptors (Lipinski definition) is 6. The number of nitrogen functional groups attached to an aromatic ring is 2. The van der Waals surface area contributed by atoms with Crippen LogP contribution < -0.4 is 16.2 Å². The lowest BCUT2D eigenvalue weighted by atomic mass is 10.2. The minimum atomic E-state index is 0.506. The fraction of sp³-hybridized carbons (Fsp3) is 0.133. The quantitative estimate of drug-likeness (QED) is 0.580. The van der Waals surface area contributed by atoms with Gasteiger partial charge in [0.1, 0.15) is 11.2 Å². The van der Waals surface area contributed by atoms with E-state index in [1.54, 1.807) is 25.6 Å². The van der Waals surface area contributed by atoms with Crippen LogP contribution in [0.25, 0.3) is 27.8 Å². The van der Waals surface area contributed by atoms with Crippen LogP contribution in [0.2, 0.25) is 0 Å². The van der Waals surface area contributed by atoms with Crippen molar-refractivity contribution in [3.05, 3.63) is 30.6 Å². The van der Waals surface area contributed by atoms with Gasteiger partial charge in [0.05, 0.1) is 35.9 Å². The highest BCUT2D eigenvalue weighted by Gasteiger charge is 2.21. The molecule has 0 unspecified atom stereocenters. The van der Waals surface area contributed by atoms with E-state index in [1.807, 2.05) is 23.7 Å². The molecule has 8 nitrogen and oxygen atoms in total. The molecule has 4 heterocycles. The molecule has 0 radical (unpaired) electrons. The van der Waals surface area contributed by atoms with E-state index >= 15 is 0 Å². The van der Waals surface area contributed by atoms with Gasteiger partial charge < -0.3 is 20.8 Å². The zero-order valence-electron chi connectivity index (χ0n) is 12.7. The molecule has 0 aliphatic carbocycles. The van der Waals surface area contributed by atoms with Crippen molar-refractivity contribution in [3.8, 4) is 17.3 Å². The average Bonchev–Trinajstić information content (AvgIpc) is 3.03. The van der Waals surface area contributed by atoms with Gasteiger partial charge in [-0.3, -0.25) is 0 Å². The minimum Gasteiger partial charge on any atom is -0.481 e. The van der Waals surface area contributed by atoms with Gasteiger partial charge in [0.15, 0.2) is 0 Å². The lowest BCUT2D eigenvalue weighted by Gasteiger charge is -2.03. The summed E-state index contributed by atoms with van der Waals surface area (Å²) in [6.07, 6.45) is 3.38. The fourth-order valence-corrected chi connectivity index (χ4v) is 2.83. The number of nitrogens with two attached hydrogens (primary N) is 2. The van der Waals surface area contributed by atoms with Crippen LogP contribution in [-0.4, -0.2) is 31.5 Å². The molecule has 0 saturated heterocycles. The van der Waals surface area contributed by atoms with E-state index in [1.165, 1.54) is 4.63 Å². The predicted octanol–water partition coefficient (Wildman–Crippen LogP) is 1.46. The van der Waals surface area contributed by atoms with Crippen LogP contribution in [0.15, 0.2) is 30.6 Å². The second-order valence-corrected chi connectivity index (χ2v) is 5.23. The Kier molecular flexibility index (Phi) is 2.68. The van der Waals surface area contributed by atoms with Crippen LogP contribution in [0.3, 0.4) is 0 Å². The van der Waals surface area contributed by atoms with E-state index < -0.39 is 0 Å². The van der Waals surface area contributed by atoms with Crippen molar-refractivity contribution in [2.75, 3.05) is 18.6 Å². The SMILES string of the molecule is COc1cc2c(N)c(-c3nn4ncccc4c3N)n(C)c2cn1. The maximum absolute atomic E-state index is 6.36. The summed E-state index contributed by atoms with van der Waals surface area (Å²) >= 11 is 0.